The van der Waals surface area contributed by atoms with Gasteiger partial charge in [-0.3, -0.25) is 4.79 Å². The Morgan fingerprint density at radius 2 is 2.00 bits per heavy atom. The van der Waals surface area contributed by atoms with Crippen LogP contribution in [0.1, 0.15) is 46.0 Å². The van der Waals surface area contributed by atoms with Crippen LogP contribution in [0.5, 0.6) is 0 Å². The molecule has 1 saturated carbocycles. The Kier molecular flexibility index (Phi) is 6.80. The van der Waals surface area contributed by atoms with Crippen molar-refractivity contribution < 1.29 is 14.6 Å². The molecule has 1 aliphatic carbocycles. The zero-order valence-corrected chi connectivity index (χ0v) is 12.7. The van der Waals surface area contributed by atoms with Crippen molar-refractivity contribution in [3.8, 4) is 0 Å². The van der Waals surface area contributed by atoms with E-state index in [2.05, 4.69) is 11.9 Å². The van der Waals surface area contributed by atoms with Gasteiger partial charge in [0.2, 0.25) is 0 Å². The second-order valence-electron chi connectivity index (χ2n) is 6.47. The zero-order chi connectivity index (χ0) is 14.3. The topological polar surface area (TPSA) is 49.8 Å². The minimum Gasteiger partial charge on any atom is -0.481 e. The monoisotopic (exact) mass is 271 g/mol. The Bertz CT molecular complexity index is 275. The van der Waals surface area contributed by atoms with Crippen LogP contribution in [0.2, 0.25) is 0 Å². The lowest BCUT2D eigenvalue weighted by Gasteiger charge is -2.20. The van der Waals surface area contributed by atoms with Crippen molar-refractivity contribution in [2.75, 3.05) is 33.4 Å². The fourth-order valence-corrected chi connectivity index (χ4v) is 1.92. The Morgan fingerprint density at radius 3 is 2.58 bits per heavy atom. The van der Waals surface area contributed by atoms with E-state index in [1.165, 1.54) is 12.8 Å². The first-order valence-electron chi connectivity index (χ1n) is 7.41. The van der Waals surface area contributed by atoms with Crippen molar-refractivity contribution in [1.82, 2.24) is 4.90 Å². The lowest BCUT2D eigenvalue weighted by molar-refractivity contribution is -0.147. The number of carbonyl (C=O) groups is 1. The van der Waals surface area contributed by atoms with Gasteiger partial charge in [0, 0.05) is 13.2 Å². The Morgan fingerprint density at radius 1 is 1.32 bits per heavy atom. The fraction of sp³-hybridized carbons (Fsp3) is 0.933. The number of carboxylic acids is 1. The molecule has 112 valence electrons. The van der Waals surface area contributed by atoms with Crippen LogP contribution >= 0.6 is 0 Å². The van der Waals surface area contributed by atoms with E-state index in [4.69, 9.17) is 9.84 Å². The molecule has 0 aliphatic heterocycles. The van der Waals surface area contributed by atoms with Gasteiger partial charge in [-0.05, 0) is 59.0 Å². The molecular formula is C15H29NO3. The van der Waals surface area contributed by atoms with Crippen molar-refractivity contribution in [2.24, 2.45) is 11.3 Å². The number of likely N-dealkylation sites (N-methyl/N-ethyl adjacent to an activating group) is 1. The lowest BCUT2D eigenvalue weighted by Crippen LogP contribution is -2.26. The smallest absolute Gasteiger partial charge is 0.309 e. The van der Waals surface area contributed by atoms with E-state index in [1.807, 2.05) is 0 Å². The summed E-state index contributed by atoms with van der Waals surface area (Å²) in [7, 11) is 2.10. The number of carboxylic acid groups (broad SMARTS) is 1. The third kappa shape index (κ3) is 7.53. The summed E-state index contributed by atoms with van der Waals surface area (Å²) in [6.07, 6.45) is 5.45. The molecule has 0 amide bonds. The van der Waals surface area contributed by atoms with Crippen LogP contribution in [-0.2, 0) is 9.53 Å². The van der Waals surface area contributed by atoms with Gasteiger partial charge in [0.1, 0.15) is 0 Å². The van der Waals surface area contributed by atoms with Crippen LogP contribution in [-0.4, -0.2) is 49.3 Å². The lowest BCUT2D eigenvalue weighted by atomic mass is 9.87. The van der Waals surface area contributed by atoms with Gasteiger partial charge in [-0.25, -0.2) is 0 Å². The van der Waals surface area contributed by atoms with Crippen molar-refractivity contribution >= 4 is 5.97 Å². The SMILES string of the molecule is CN(CCCCC(C)(C)C(=O)O)CCOCC1CC1. The van der Waals surface area contributed by atoms with Gasteiger partial charge in [-0.15, -0.1) is 0 Å². The molecule has 0 saturated heterocycles. The number of ether oxygens (including phenoxy) is 1. The van der Waals surface area contributed by atoms with E-state index >= 15 is 0 Å². The van der Waals surface area contributed by atoms with E-state index in [9.17, 15) is 4.79 Å². The van der Waals surface area contributed by atoms with E-state index in [0.29, 0.717) is 0 Å². The molecule has 0 bridgehead atoms. The summed E-state index contributed by atoms with van der Waals surface area (Å²) in [5.41, 5.74) is -0.591. The van der Waals surface area contributed by atoms with Gasteiger partial charge >= 0.3 is 5.97 Å². The molecular weight excluding hydrogens is 242 g/mol. The highest BCUT2D eigenvalue weighted by molar-refractivity contribution is 5.73. The number of rotatable bonds is 11. The quantitative estimate of drug-likeness (QED) is 0.587. The number of hydrogen-bond donors (Lipinski definition) is 1. The Hall–Kier alpha value is -0.610. The summed E-state index contributed by atoms with van der Waals surface area (Å²) in [4.78, 5) is 13.2. The van der Waals surface area contributed by atoms with Crippen LogP contribution in [0.3, 0.4) is 0 Å². The van der Waals surface area contributed by atoms with Crippen LogP contribution < -0.4 is 0 Å². The van der Waals surface area contributed by atoms with Gasteiger partial charge in [0.25, 0.3) is 0 Å². The van der Waals surface area contributed by atoms with Gasteiger partial charge in [-0.2, -0.15) is 0 Å². The fourth-order valence-electron chi connectivity index (χ4n) is 1.92. The van der Waals surface area contributed by atoms with Gasteiger partial charge in [0.15, 0.2) is 0 Å². The van der Waals surface area contributed by atoms with Crippen LogP contribution in [0, 0.1) is 11.3 Å². The molecule has 0 heterocycles. The third-order valence-electron chi connectivity index (χ3n) is 3.84. The molecule has 0 spiro atoms. The van der Waals surface area contributed by atoms with Crippen LogP contribution in [0.4, 0.5) is 0 Å². The highest BCUT2D eigenvalue weighted by atomic mass is 16.5. The molecule has 0 unspecified atom stereocenters. The predicted molar refractivity (Wildman–Crippen MR) is 76.3 cm³/mol. The van der Waals surface area contributed by atoms with Crippen molar-refractivity contribution in [2.45, 2.75) is 46.0 Å². The number of hydrogen-bond acceptors (Lipinski definition) is 3. The first kappa shape index (κ1) is 16.4. The summed E-state index contributed by atoms with van der Waals surface area (Å²) in [5, 5.41) is 9.02. The molecule has 0 aromatic heterocycles. The maximum atomic E-state index is 11.0. The molecule has 1 fully saturated rings. The second kappa shape index (κ2) is 7.85. The Balaban J connectivity index is 1.94. The van der Waals surface area contributed by atoms with Crippen LogP contribution in [0.25, 0.3) is 0 Å². The van der Waals surface area contributed by atoms with Gasteiger partial charge in [-0.1, -0.05) is 6.42 Å². The number of unbranched alkanes of at least 4 members (excludes halogenated alkanes) is 1. The first-order chi connectivity index (χ1) is 8.92. The van der Waals surface area contributed by atoms with E-state index in [-0.39, 0.29) is 0 Å². The second-order valence-corrected chi connectivity index (χ2v) is 6.47. The van der Waals surface area contributed by atoms with Crippen molar-refractivity contribution in [3.63, 3.8) is 0 Å². The summed E-state index contributed by atoms with van der Waals surface area (Å²) < 4.78 is 5.60. The maximum Gasteiger partial charge on any atom is 0.309 e. The average molecular weight is 271 g/mol. The van der Waals surface area contributed by atoms with Gasteiger partial charge in [0.05, 0.1) is 12.0 Å². The molecule has 19 heavy (non-hydrogen) atoms. The standard InChI is InChI=1S/C15H29NO3/c1-15(2,14(17)18)8-4-5-9-16(3)10-11-19-12-13-6-7-13/h13H,4-12H2,1-3H3,(H,17,18). The summed E-state index contributed by atoms with van der Waals surface area (Å²) >= 11 is 0. The molecule has 0 radical (unpaired) electrons. The summed E-state index contributed by atoms with van der Waals surface area (Å²) in [6, 6.07) is 0. The molecule has 4 heteroatoms. The molecule has 0 atom stereocenters. The highest BCUT2D eigenvalue weighted by Crippen LogP contribution is 2.28. The first-order valence-corrected chi connectivity index (χ1v) is 7.41. The van der Waals surface area contributed by atoms with Crippen molar-refractivity contribution in [1.29, 1.82) is 0 Å². The molecule has 1 aliphatic rings. The van der Waals surface area contributed by atoms with E-state index in [1.54, 1.807) is 13.8 Å². The number of aliphatic carboxylic acids is 1. The Labute approximate surface area is 117 Å². The predicted octanol–water partition coefficient (Wildman–Crippen LogP) is 2.63. The minimum absolute atomic E-state index is 0.591. The third-order valence-corrected chi connectivity index (χ3v) is 3.84. The van der Waals surface area contributed by atoms with E-state index < -0.39 is 11.4 Å². The van der Waals surface area contributed by atoms with Crippen molar-refractivity contribution in [3.05, 3.63) is 0 Å². The normalized spacial score (nSPS) is 16.0. The van der Waals surface area contributed by atoms with Crippen LogP contribution in [0.15, 0.2) is 0 Å². The van der Waals surface area contributed by atoms with Gasteiger partial charge < -0.3 is 14.7 Å². The molecule has 1 rings (SSSR count). The molecule has 4 nitrogen and oxygen atoms in total. The largest absolute Gasteiger partial charge is 0.481 e. The maximum absolute atomic E-state index is 11.0. The summed E-state index contributed by atoms with van der Waals surface area (Å²) in [5.74, 6) is 0.137. The average Bonchev–Trinajstić information content (AvgIpc) is 3.14. The van der Waals surface area contributed by atoms with E-state index in [0.717, 1.165) is 51.5 Å². The minimum atomic E-state index is -0.700. The molecule has 0 aromatic rings. The molecule has 0 aromatic carbocycles. The summed E-state index contributed by atoms with van der Waals surface area (Å²) in [6.45, 7) is 7.32. The molecule has 1 N–H and O–H groups in total. The number of nitrogens with zero attached hydrogens (tertiary/aromatic N) is 1. The zero-order valence-electron chi connectivity index (χ0n) is 12.7. The highest BCUT2D eigenvalue weighted by Gasteiger charge is 2.26.